The zero-order valence-corrected chi connectivity index (χ0v) is 21.8. The van der Waals surface area contributed by atoms with Crippen molar-refractivity contribution in [1.82, 2.24) is 0 Å². The predicted molar refractivity (Wildman–Crippen MR) is 139 cm³/mol. The Hall–Kier alpha value is -0.600. The number of allylic oxidation sites excluding steroid dienone is 2. The first-order valence-electron chi connectivity index (χ1n) is 13.9. The van der Waals surface area contributed by atoms with E-state index in [1.165, 1.54) is 64.2 Å². The van der Waals surface area contributed by atoms with E-state index in [1.54, 1.807) is 0 Å². The minimum Gasteiger partial charge on any atom is -0.387 e. The molecule has 2 N–H and O–H groups in total. The zero-order chi connectivity index (χ0) is 23.7. The molecule has 0 heterocycles. The van der Waals surface area contributed by atoms with E-state index in [0.717, 1.165) is 51.4 Å². The van der Waals surface area contributed by atoms with E-state index in [9.17, 15) is 10.2 Å². The third kappa shape index (κ3) is 5.38. The molecule has 0 saturated heterocycles. The Morgan fingerprint density at radius 3 is 1.62 bits per heavy atom. The summed E-state index contributed by atoms with van der Waals surface area (Å²) in [7, 11) is 0. The predicted octanol–water partition coefficient (Wildman–Crippen LogP) is 8.52. The van der Waals surface area contributed by atoms with Crippen molar-refractivity contribution in [3.8, 4) is 0 Å². The lowest BCUT2D eigenvalue weighted by Crippen LogP contribution is -2.61. The maximum Gasteiger partial charge on any atom is 0.0994 e. The van der Waals surface area contributed by atoms with E-state index >= 15 is 0 Å². The van der Waals surface area contributed by atoms with Crippen LogP contribution in [0.2, 0.25) is 0 Å². The van der Waals surface area contributed by atoms with Gasteiger partial charge in [-0.1, -0.05) is 97.1 Å². The maximum absolute atomic E-state index is 12.2. The maximum atomic E-state index is 12.2. The number of unbranched alkanes of at least 4 members (excludes halogenated alkanes) is 12. The molecule has 0 spiro atoms. The van der Waals surface area contributed by atoms with Crippen LogP contribution in [0.4, 0.5) is 0 Å². The largest absolute Gasteiger partial charge is 0.387 e. The molecule has 0 aromatic rings. The normalized spacial score (nSPS) is 33.0. The summed E-state index contributed by atoms with van der Waals surface area (Å²) in [4.78, 5) is 0. The lowest BCUT2D eigenvalue weighted by Gasteiger charge is -2.52. The van der Waals surface area contributed by atoms with Gasteiger partial charge in [-0.25, -0.2) is 0 Å². The van der Waals surface area contributed by atoms with Gasteiger partial charge in [0.15, 0.2) is 0 Å². The summed E-state index contributed by atoms with van der Waals surface area (Å²) >= 11 is 0. The molecule has 2 bridgehead atoms. The summed E-state index contributed by atoms with van der Waals surface area (Å²) in [6.07, 6.45) is 24.4. The lowest BCUT2D eigenvalue weighted by atomic mass is 9.59. The van der Waals surface area contributed by atoms with Crippen LogP contribution in [0.5, 0.6) is 0 Å². The van der Waals surface area contributed by atoms with Crippen LogP contribution in [0, 0.1) is 16.7 Å². The van der Waals surface area contributed by atoms with E-state index < -0.39 is 11.2 Å². The fourth-order valence-corrected chi connectivity index (χ4v) is 7.48. The number of hydrogen-bond acceptors (Lipinski definition) is 2. The van der Waals surface area contributed by atoms with Crippen molar-refractivity contribution in [2.24, 2.45) is 16.7 Å². The van der Waals surface area contributed by atoms with Crippen LogP contribution in [-0.4, -0.2) is 21.4 Å². The van der Waals surface area contributed by atoms with Gasteiger partial charge in [-0.2, -0.15) is 0 Å². The number of fused-ring (bicyclic) bond motifs is 2. The molecule has 0 aliphatic heterocycles. The molecule has 0 amide bonds. The first-order valence-corrected chi connectivity index (χ1v) is 13.9. The smallest absolute Gasteiger partial charge is 0.0994 e. The van der Waals surface area contributed by atoms with Crippen molar-refractivity contribution in [1.29, 1.82) is 0 Å². The summed E-state index contributed by atoms with van der Waals surface area (Å²) in [5.41, 5.74) is -2.06. The Labute approximate surface area is 200 Å². The molecule has 2 aliphatic carbocycles. The third-order valence-corrected chi connectivity index (χ3v) is 9.84. The van der Waals surface area contributed by atoms with Gasteiger partial charge in [0, 0.05) is 5.41 Å². The first-order chi connectivity index (χ1) is 15.2. The van der Waals surface area contributed by atoms with E-state index in [-0.39, 0.29) is 16.7 Å². The third-order valence-electron chi connectivity index (χ3n) is 9.84. The van der Waals surface area contributed by atoms with Crippen LogP contribution in [0.1, 0.15) is 136 Å². The summed E-state index contributed by atoms with van der Waals surface area (Å²) in [6, 6.07) is 0. The second kappa shape index (κ2) is 12.2. The highest BCUT2D eigenvalue weighted by Crippen LogP contribution is 2.75. The van der Waals surface area contributed by atoms with Gasteiger partial charge in [-0.05, 0) is 62.7 Å². The van der Waals surface area contributed by atoms with Crippen molar-refractivity contribution < 1.29 is 10.2 Å². The minimum atomic E-state index is -0.945. The van der Waals surface area contributed by atoms with Crippen LogP contribution < -0.4 is 0 Å². The monoisotopic (exact) mass is 446 g/mol. The van der Waals surface area contributed by atoms with Gasteiger partial charge in [0.25, 0.3) is 0 Å². The SMILES string of the molecule is C=CCCCCCCCC[C@]1(O)[C@@](O)(CCCCCCCCC=C)[C@H]2CC[C@@]1(C)C2(C)C. The fraction of sp³-hybridized carbons (Fsp3) is 0.867. The molecule has 0 unspecified atom stereocenters. The van der Waals surface area contributed by atoms with Gasteiger partial charge in [0.2, 0.25) is 0 Å². The molecule has 0 aromatic carbocycles. The lowest BCUT2D eigenvalue weighted by molar-refractivity contribution is -0.214. The zero-order valence-electron chi connectivity index (χ0n) is 21.8. The molecule has 0 aromatic heterocycles. The number of rotatable bonds is 18. The van der Waals surface area contributed by atoms with Gasteiger partial charge < -0.3 is 10.2 Å². The fourth-order valence-electron chi connectivity index (χ4n) is 7.48. The van der Waals surface area contributed by atoms with Crippen LogP contribution in [0.25, 0.3) is 0 Å². The van der Waals surface area contributed by atoms with E-state index in [2.05, 4.69) is 33.9 Å². The molecule has 4 atom stereocenters. The van der Waals surface area contributed by atoms with Gasteiger partial charge in [-0.3, -0.25) is 0 Å². The standard InChI is InChI=1S/C30H54O2/c1-6-8-10-12-14-16-18-20-23-29(31)26-22-25-28(5,27(26,3)4)30(29,32)24-21-19-17-15-13-11-9-7-2/h6-7,26,31-32H,1-2,8-25H2,3-5H3/t26-,28-,29+,30+/m0/s1. The quantitative estimate of drug-likeness (QED) is 0.164. The number of aliphatic hydroxyl groups is 2. The van der Waals surface area contributed by atoms with E-state index in [4.69, 9.17) is 0 Å². The van der Waals surface area contributed by atoms with Crippen molar-refractivity contribution in [2.45, 2.75) is 148 Å². The van der Waals surface area contributed by atoms with Gasteiger partial charge in [-0.15, -0.1) is 13.2 Å². The summed E-state index contributed by atoms with van der Waals surface area (Å²) in [5.74, 6) is 0.219. The van der Waals surface area contributed by atoms with Gasteiger partial charge >= 0.3 is 0 Å². The second-order valence-electron chi connectivity index (χ2n) is 11.8. The molecule has 2 rings (SSSR count). The van der Waals surface area contributed by atoms with Crippen molar-refractivity contribution in [3.63, 3.8) is 0 Å². The highest BCUT2D eigenvalue weighted by atomic mass is 16.4. The molecule has 2 saturated carbocycles. The molecular weight excluding hydrogens is 392 g/mol. The number of hydrogen-bond donors (Lipinski definition) is 2. The summed E-state index contributed by atoms with van der Waals surface area (Å²) in [6.45, 7) is 14.5. The Kier molecular flexibility index (Phi) is 10.5. The Balaban J connectivity index is 1.90. The molecule has 2 fully saturated rings. The molecule has 2 heteroatoms. The molecular formula is C30H54O2. The van der Waals surface area contributed by atoms with Crippen LogP contribution in [0.15, 0.2) is 25.3 Å². The van der Waals surface area contributed by atoms with Crippen molar-refractivity contribution in [2.75, 3.05) is 0 Å². The average Bonchev–Trinajstić information content (AvgIpc) is 3.05. The Morgan fingerprint density at radius 1 is 0.688 bits per heavy atom. The van der Waals surface area contributed by atoms with E-state index in [0.29, 0.717) is 0 Å². The van der Waals surface area contributed by atoms with Crippen LogP contribution >= 0.6 is 0 Å². The minimum absolute atomic E-state index is 0.00806. The second-order valence-corrected chi connectivity index (χ2v) is 11.8. The molecule has 0 radical (unpaired) electrons. The molecule has 2 nitrogen and oxygen atoms in total. The average molecular weight is 447 g/mol. The van der Waals surface area contributed by atoms with E-state index in [1.807, 2.05) is 12.2 Å². The van der Waals surface area contributed by atoms with Crippen LogP contribution in [-0.2, 0) is 0 Å². The molecule has 2 aliphatic rings. The van der Waals surface area contributed by atoms with Gasteiger partial charge in [0.1, 0.15) is 0 Å². The Morgan fingerprint density at radius 2 is 1.12 bits per heavy atom. The van der Waals surface area contributed by atoms with Gasteiger partial charge in [0.05, 0.1) is 11.2 Å². The Bertz CT molecular complexity index is 581. The first kappa shape index (κ1) is 27.6. The summed E-state index contributed by atoms with van der Waals surface area (Å²) in [5, 5.41) is 24.3. The van der Waals surface area contributed by atoms with Crippen molar-refractivity contribution >= 4 is 0 Å². The van der Waals surface area contributed by atoms with Crippen LogP contribution in [0.3, 0.4) is 0 Å². The summed E-state index contributed by atoms with van der Waals surface area (Å²) < 4.78 is 0. The highest BCUT2D eigenvalue weighted by molar-refractivity contribution is 5.28. The topological polar surface area (TPSA) is 40.5 Å². The van der Waals surface area contributed by atoms with Crippen molar-refractivity contribution in [3.05, 3.63) is 25.3 Å². The highest BCUT2D eigenvalue weighted by Gasteiger charge is 2.78. The molecule has 186 valence electrons. The molecule has 32 heavy (non-hydrogen) atoms.